The summed E-state index contributed by atoms with van der Waals surface area (Å²) in [6.45, 7) is 0.406. The summed E-state index contributed by atoms with van der Waals surface area (Å²) in [5, 5.41) is 14.4. The third-order valence-corrected chi connectivity index (χ3v) is 3.22. The molecule has 86 valence electrons. The van der Waals surface area contributed by atoms with Gasteiger partial charge in [-0.3, -0.25) is 4.68 Å². The molecule has 3 rings (SSSR count). The van der Waals surface area contributed by atoms with Gasteiger partial charge in [-0.25, -0.2) is 0 Å². The Morgan fingerprint density at radius 1 is 1.53 bits per heavy atom. The van der Waals surface area contributed by atoms with Crippen molar-refractivity contribution in [3.63, 3.8) is 0 Å². The first-order valence-corrected chi connectivity index (χ1v) is 5.64. The number of aryl methyl sites for hydroxylation is 1. The van der Waals surface area contributed by atoms with Crippen molar-refractivity contribution in [2.75, 3.05) is 0 Å². The van der Waals surface area contributed by atoms with E-state index in [1.807, 2.05) is 25.4 Å². The first kappa shape index (κ1) is 10.8. The lowest BCUT2D eigenvalue weighted by Gasteiger charge is -2.05. The molecule has 6 heteroatoms. The molecular weight excluding hydrogens is 238 g/mol. The molecule has 0 atom stereocenters. The molecular formula is C11H10BClN2O2. The number of halogens is 1. The molecule has 17 heavy (non-hydrogen) atoms. The fourth-order valence-electron chi connectivity index (χ4n) is 2.03. The SMILES string of the molecule is Cn1cc(-c2cc3c(cc2Cl)COB3O)cn1. The van der Waals surface area contributed by atoms with Gasteiger partial charge in [-0.15, -0.1) is 0 Å². The molecule has 1 aromatic heterocycles. The highest BCUT2D eigenvalue weighted by molar-refractivity contribution is 6.61. The van der Waals surface area contributed by atoms with E-state index >= 15 is 0 Å². The van der Waals surface area contributed by atoms with Crippen LogP contribution in [0, 0.1) is 0 Å². The van der Waals surface area contributed by atoms with Crippen LogP contribution in [0.2, 0.25) is 5.02 Å². The fourth-order valence-corrected chi connectivity index (χ4v) is 2.32. The maximum absolute atomic E-state index is 9.66. The predicted octanol–water partition coefficient (Wildman–Crippen LogP) is 0.958. The van der Waals surface area contributed by atoms with Crippen molar-refractivity contribution in [1.82, 2.24) is 9.78 Å². The number of rotatable bonds is 1. The molecule has 1 aliphatic rings. The topological polar surface area (TPSA) is 47.3 Å². The number of hydrogen-bond acceptors (Lipinski definition) is 3. The number of nitrogens with zero attached hydrogens (tertiary/aromatic N) is 2. The molecule has 0 unspecified atom stereocenters. The van der Waals surface area contributed by atoms with Crippen molar-refractivity contribution in [3.8, 4) is 11.1 Å². The zero-order valence-electron chi connectivity index (χ0n) is 9.22. The molecule has 0 aliphatic carbocycles. The average Bonchev–Trinajstić information content (AvgIpc) is 2.85. The molecule has 1 aromatic carbocycles. The molecule has 0 radical (unpaired) electrons. The summed E-state index contributed by atoms with van der Waals surface area (Å²) in [5.74, 6) is 0. The number of hydrogen-bond donors (Lipinski definition) is 1. The Morgan fingerprint density at radius 2 is 2.35 bits per heavy atom. The van der Waals surface area contributed by atoms with Gasteiger partial charge < -0.3 is 9.68 Å². The smallest absolute Gasteiger partial charge is 0.423 e. The Labute approximate surface area is 104 Å². The van der Waals surface area contributed by atoms with Crippen molar-refractivity contribution >= 4 is 24.2 Å². The average molecular weight is 248 g/mol. The van der Waals surface area contributed by atoms with Crippen molar-refractivity contribution in [1.29, 1.82) is 0 Å². The van der Waals surface area contributed by atoms with Gasteiger partial charge in [0.15, 0.2) is 0 Å². The van der Waals surface area contributed by atoms with Gasteiger partial charge in [-0.2, -0.15) is 5.10 Å². The Balaban J connectivity index is 2.15. The van der Waals surface area contributed by atoms with E-state index < -0.39 is 7.12 Å². The molecule has 0 amide bonds. The Kier molecular flexibility index (Phi) is 2.47. The lowest BCUT2D eigenvalue weighted by molar-refractivity contribution is 0.275. The zero-order chi connectivity index (χ0) is 12.0. The fraction of sp³-hybridized carbons (Fsp3) is 0.182. The predicted molar refractivity (Wildman–Crippen MR) is 66.0 cm³/mol. The van der Waals surface area contributed by atoms with Crippen molar-refractivity contribution < 1.29 is 9.68 Å². The third kappa shape index (κ3) is 1.76. The van der Waals surface area contributed by atoms with E-state index in [2.05, 4.69) is 5.10 Å². The van der Waals surface area contributed by atoms with Crippen LogP contribution in [0.1, 0.15) is 5.56 Å². The van der Waals surface area contributed by atoms with E-state index in [4.69, 9.17) is 16.3 Å². The van der Waals surface area contributed by atoms with E-state index in [0.29, 0.717) is 11.6 Å². The van der Waals surface area contributed by atoms with Crippen LogP contribution >= 0.6 is 11.6 Å². The molecule has 0 fully saturated rings. The molecule has 1 aliphatic heterocycles. The molecule has 2 aromatic rings. The highest BCUT2D eigenvalue weighted by atomic mass is 35.5. The second-order valence-electron chi connectivity index (χ2n) is 4.10. The summed E-state index contributed by atoms with van der Waals surface area (Å²) in [6.07, 6.45) is 3.63. The minimum Gasteiger partial charge on any atom is -0.423 e. The summed E-state index contributed by atoms with van der Waals surface area (Å²) in [4.78, 5) is 0. The van der Waals surface area contributed by atoms with Crippen molar-refractivity contribution in [2.24, 2.45) is 7.05 Å². The number of fused-ring (bicyclic) bond motifs is 1. The van der Waals surface area contributed by atoms with Gasteiger partial charge in [0.25, 0.3) is 0 Å². The van der Waals surface area contributed by atoms with Crippen LogP contribution in [0.4, 0.5) is 0 Å². The lowest BCUT2D eigenvalue weighted by atomic mass is 9.78. The van der Waals surface area contributed by atoms with Crippen LogP contribution in [0.25, 0.3) is 11.1 Å². The molecule has 0 spiro atoms. The Bertz CT molecular complexity index is 585. The van der Waals surface area contributed by atoms with Crippen molar-refractivity contribution in [2.45, 2.75) is 6.61 Å². The van der Waals surface area contributed by atoms with Gasteiger partial charge in [0, 0.05) is 29.4 Å². The third-order valence-electron chi connectivity index (χ3n) is 2.91. The normalized spacial score (nSPS) is 14.2. The maximum Gasteiger partial charge on any atom is 0.491 e. The van der Waals surface area contributed by atoms with Gasteiger partial charge >= 0.3 is 7.12 Å². The van der Waals surface area contributed by atoms with E-state index in [1.165, 1.54) is 0 Å². The van der Waals surface area contributed by atoms with Gasteiger partial charge in [0.2, 0.25) is 0 Å². The van der Waals surface area contributed by atoms with Crippen LogP contribution in [0.3, 0.4) is 0 Å². The molecule has 0 saturated heterocycles. The van der Waals surface area contributed by atoms with E-state index in [0.717, 1.165) is 22.2 Å². The zero-order valence-corrected chi connectivity index (χ0v) is 9.98. The lowest BCUT2D eigenvalue weighted by Crippen LogP contribution is -2.28. The van der Waals surface area contributed by atoms with Crippen LogP contribution in [-0.2, 0) is 18.3 Å². The summed E-state index contributed by atoms with van der Waals surface area (Å²) < 4.78 is 6.86. The number of benzene rings is 1. The summed E-state index contributed by atoms with van der Waals surface area (Å²) in [6, 6.07) is 3.71. The molecule has 0 saturated carbocycles. The molecule has 2 heterocycles. The second-order valence-corrected chi connectivity index (χ2v) is 4.50. The van der Waals surface area contributed by atoms with Crippen LogP contribution in [-0.4, -0.2) is 21.9 Å². The van der Waals surface area contributed by atoms with Crippen molar-refractivity contribution in [3.05, 3.63) is 35.1 Å². The Hall–Kier alpha value is -1.30. The highest BCUT2D eigenvalue weighted by Gasteiger charge is 2.28. The van der Waals surface area contributed by atoms with E-state index in [-0.39, 0.29) is 0 Å². The van der Waals surface area contributed by atoms with E-state index in [9.17, 15) is 5.02 Å². The standard InChI is InChI=1S/C11H10BClN2O2/c1-15-5-8(4-14-15)9-3-10-7(2-11(9)13)6-17-12(10)16/h2-5,16H,6H2,1H3. The largest absolute Gasteiger partial charge is 0.491 e. The quantitative estimate of drug-likeness (QED) is 0.765. The summed E-state index contributed by atoms with van der Waals surface area (Å²) >= 11 is 6.23. The van der Waals surface area contributed by atoms with Gasteiger partial charge in [-0.05, 0) is 17.1 Å². The van der Waals surface area contributed by atoms with Crippen LogP contribution in [0.5, 0.6) is 0 Å². The second kappa shape index (κ2) is 3.87. The van der Waals surface area contributed by atoms with Gasteiger partial charge in [0.1, 0.15) is 0 Å². The van der Waals surface area contributed by atoms with E-state index in [1.54, 1.807) is 10.9 Å². The summed E-state index contributed by atoms with van der Waals surface area (Å²) in [5.41, 5.74) is 3.52. The molecule has 4 nitrogen and oxygen atoms in total. The highest BCUT2D eigenvalue weighted by Crippen LogP contribution is 2.29. The van der Waals surface area contributed by atoms with Crippen LogP contribution < -0.4 is 5.46 Å². The monoisotopic (exact) mass is 248 g/mol. The van der Waals surface area contributed by atoms with Gasteiger partial charge in [-0.1, -0.05) is 17.7 Å². The molecule has 0 bridgehead atoms. The summed E-state index contributed by atoms with van der Waals surface area (Å²) in [7, 11) is 1.00. The first-order valence-electron chi connectivity index (χ1n) is 5.26. The number of aromatic nitrogens is 2. The Morgan fingerprint density at radius 3 is 3.06 bits per heavy atom. The van der Waals surface area contributed by atoms with Crippen LogP contribution in [0.15, 0.2) is 24.5 Å². The first-order chi connectivity index (χ1) is 8.15. The molecule has 1 N–H and O–H groups in total. The minimum atomic E-state index is -0.849. The van der Waals surface area contributed by atoms with Gasteiger partial charge in [0.05, 0.1) is 12.8 Å². The maximum atomic E-state index is 9.66. The minimum absolute atomic E-state index is 0.406.